The van der Waals surface area contributed by atoms with E-state index in [1.807, 2.05) is 17.8 Å². The van der Waals surface area contributed by atoms with E-state index < -0.39 is 0 Å². The van der Waals surface area contributed by atoms with E-state index in [-0.39, 0.29) is 7.43 Å². The molecule has 0 atom stereocenters. The molecule has 0 radical (unpaired) electrons. The molecule has 0 bridgehead atoms. The zero-order chi connectivity index (χ0) is 6.69. The van der Waals surface area contributed by atoms with Gasteiger partial charge in [-0.1, -0.05) is 13.5 Å². The highest BCUT2D eigenvalue weighted by molar-refractivity contribution is 8.02. The fraction of sp³-hybridized carbons (Fsp3) is 0.500. The van der Waals surface area contributed by atoms with Crippen LogP contribution in [0, 0.1) is 0 Å². The topological polar surface area (TPSA) is 26.0 Å². The van der Waals surface area contributed by atoms with Gasteiger partial charge >= 0.3 is 0 Å². The second kappa shape index (κ2) is 4.45. The van der Waals surface area contributed by atoms with Crippen LogP contribution >= 0.6 is 11.8 Å². The average Bonchev–Trinajstić information content (AvgIpc) is 1.90. The van der Waals surface area contributed by atoms with Gasteiger partial charge in [0.05, 0.1) is 0 Å². The van der Waals surface area contributed by atoms with Crippen molar-refractivity contribution in [2.75, 3.05) is 6.26 Å². The standard InChI is InChI=1S/C7H11NS.CH4/c1-9-7-4-2-6(8)3-5-7;/h2,4H,3,5,8H2,1H3;1H4. The minimum absolute atomic E-state index is 0. The van der Waals surface area contributed by atoms with Gasteiger partial charge in [0.25, 0.3) is 0 Å². The number of rotatable bonds is 1. The molecule has 0 saturated carbocycles. The summed E-state index contributed by atoms with van der Waals surface area (Å²) in [6.45, 7) is 0. The Labute approximate surface area is 67.4 Å². The molecule has 0 aliphatic heterocycles. The maximum absolute atomic E-state index is 5.56. The third kappa shape index (κ3) is 2.48. The van der Waals surface area contributed by atoms with Gasteiger partial charge in [-0.25, -0.2) is 0 Å². The fourth-order valence-corrected chi connectivity index (χ4v) is 1.31. The van der Waals surface area contributed by atoms with E-state index in [4.69, 9.17) is 5.73 Å². The summed E-state index contributed by atoms with van der Waals surface area (Å²) in [6, 6.07) is 0. The molecule has 2 N–H and O–H groups in total. The minimum Gasteiger partial charge on any atom is -0.402 e. The van der Waals surface area contributed by atoms with Crippen LogP contribution in [-0.2, 0) is 0 Å². The zero-order valence-electron chi connectivity index (χ0n) is 5.55. The number of hydrogen-bond donors (Lipinski definition) is 1. The minimum atomic E-state index is 0. The Hall–Kier alpha value is -0.370. The summed E-state index contributed by atoms with van der Waals surface area (Å²) in [7, 11) is 0. The molecule has 2 heteroatoms. The first-order valence-corrected chi connectivity index (χ1v) is 4.24. The lowest BCUT2D eigenvalue weighted by atomic mass is 10.1. The molecule has 58 valence electrons. The van der Waals surface area contributed by atoms with Crippen LogP contribution in [0.2, 0.25) is 0 Å². The quantitative estimate of drug-likeness (QED) is 0.633. The van der Waals surface area contributed by atoms with Gasteiger partial charge in [-0.15, -0.1) is 11.8 Å². The lowest BCUT2D eigenvalue weighted by molar-refractivity contribution is 0.933. The summed E-state index contributed by atoms with van der Waals surface area (Å²) in [5.74, 6) is 0. The van der Waals surface area contributed by atoms with Crippen LogP contribution in [0.3, 0.4) is 0 Å². The molecule has 0 aromatic carbocycles. The summed E-state index contributed by atoms with van der Waals surface area (Å²) in [6.07, 6.45) is 8.36. The van der Waals surface area contributed by atoms with E-state index in [9.17, 15) is 0 Å². The fourth-order valence-electron chi connectivity index (χ4n) is 0.804. The van der Waals surface area contributed by atoms with Crippen LogP contribution in [0.15, 0.2) is 22.8 Å². The summed E-state index contributed by atoms with van der Waals surface area (Å²) in [5, 5.41) is 0. The predicted octanol–water partition coefficient (Wildman–Crippen LogP) is 2.51. The van der Waals surface area contributed by atoms with E-state index in [0.29, 0.717) is 0 Å². The van der Waals surface area contributed by atoms with Crippen molar-refractivity contribution < 1.29 is 0 Å². The monoisotopic (exact) mass is 157 g/mol. The maximum atomic E-state index is 5.56. The highest BCUT2D eigenvalue weighted by Crippen LogP contribution is 2.22. The maximum Gasteiger partial charge on any atom is 0.00842 e. The third-order valence-corrected chi connectivity index (χ3v) is 2.27. The van der Waals surface area contributed by atoms with Crippen molar-refractivity contribution >= 4 is 11.8 Å². The molecule has 0 aromatic rings. The molecule has 0 saturated heterocycles. The summed E-state index contributed by atoms with van der Waals surface area (Å²) >= 11 is 1.81. The molecule has 0 unspecified atom stereocenters. The molecular weight excluding hydrogens is 142 g/mol. The van der Waals surface area contributed by atoms with E-state index in [0.717, 1.165) is 18.5 Å². The Balaban J connectivity index is 0.000000810. The lowest BCUT2D eigenvalue weighted by Gasteiger charge is -2.07. The Morgan fingerprint density at radius 1 is 1.40 bits per heavy atom. The van der Waals surface area contributed by atoms with E-state index in [1.165, 1.54) is 4.91 Å². The SMILES string of the molecule is C.CSC1=CC=C(N)CC1. The van der Waals surface area contributed by atoms with Crippen LogP contribution in [0.25, 0.3) is 0 Å². The molecule has 0 amide bonds. The molecular formula is C8H15NS. The van der Waals surface area contributed by atoms with Gasteiger partial charge in [0.2, 0.25) is 0 Å². The third-order valence-electron chi connectivity index (χ3n) is 1.41. The average molecular weight is 157 g/mol. The van der Waals surface area contributed by atoms with Crippen molar-refractivity contribution in [3.05, 3.63) is 22.8 Å². The molecule has 1 aliphatic carbocycles. The highest BCUT2D eigenvalue weighted by Gasteiger charge is 2.00. The van der Waals surface area contributed by atoms with Crippen molar-refractivity contribution in [3.63, 3.8) is 0 Å². The van der Waals surface area contributed by atoms with E-state index >= 15 is 0 Å². The molecule has 0 fully saturated rings. The van der Waals surface area contributed by atoms with Crippen LogP contribution in [-0.4, -0.2) is 6.26 Å². The van der Waals surface area contributed by atoms with Gasteiger partial charge in [-0.2, -0.15) is 0 Å². The van der Waals surface area contributed by atoms with Crippen LogP contribution < -0.4 is 5.73 Å². The molecule has 0 aromatic heterocycles. The number of nitrogens with two attached hydrogens (primary N) is 1. The van der Waals surface area contributed by atoms with Crippen molar-refractivity contribution in [1.29, 1.82) is 0 Å². The van der Waals surface area contributed by atoms with Crippen molar-refractivity contribution in [3.8, 4) is 0 Å². The number of hydrogen-bond acceptors (Lipinski definition) is 2. The first kappa shape index (κ1) is 9.63. The number of allylic oxidation sites excluding steroid dienone is 4. The Kier molecular flexibility index (Phi) is 4.28. The second-order valence-electron chi connectivity index (χ2n) is 2.08. The van der Waals surface area contributed by atoms with Crippen LogP contribution in [0.1, 0.15) is 20.3 Å². The Morgan fingerprint density at radius 3 is 2.50 bits per heavy atom. The largest absolute Gasteiger partial charge is 0.402 e. The normalized spacial score (nSPS) is 16.9. The van der Waals surface area contributed by atoms with Gasteiger partial charge in [0.15, 0.2) is 0 Å². The summed E-state index contributed by atoms with van der Waals surface area (Å²) in [5.41, 5.74) is 6.57. The highest BCUT2D eigenvalue weighted by atomic mass is 32.2. The first-order valence-electron chi connectivity index (χ1n) is 3.02. The smallest absolute Gasteiger partial charge is 0.00842 e. The summed E-state index contributed by atoms with van der Waals surface area (Å²) < 4.78 is 0. The molecule has 0 spiro atoms. The van der Waals surface area contributed by atoms with Gasteiger partial charge < -0.3 is 5.73 Å². The molecule has 1 nitrogen and oxygen atoms in total. The van der Waals surface area contributed by atoms with E-state index in [2.05, 4.69) is 12.3 Å². The summed E-state index contributed by atoms with van der Waals surface area (Å²) in [4.78, 5) is 1.43. The second-order valence-corrected chi connectivity index (χ2v) is 3.01. The van der Waals surface area contributed by atoms with E-state index in [1.54, 1.807) is 0 Å². The molecule has 1 rings (SSSR count). The van der Waals surface area contributed by atoms with Gasteiger partial charge in [0, 0.05) is 5.70 Å². The lowest BCUT2D eigenvalue weighted by Crippen LogP contribution is -1.99. The van der Waals surface area contributed by atoms with Gasteiger partial charge in [-0.05, 0) is 30.1 Å². The van der Waals surface area contributed by atoms with Crippen LogP contribution in [0.4, 0.5) is 0 Å². The Morgan fingerprint density at radius 2 is 2.10 bits per heavy atom. The molecule has 10 heavy (non-hydrogen) atoms. The first-order chi connectivity index (χ1) is 4.33. The van der Waals surface area contributed by atoms with Crippen molar-refractivity contribution in [2.45, 2.75) is 20.3 Å². The number of thioether (sulfide) groups is 1. The van der Waals surface area contributed by atoms with Gasteiger partial charge in [-0.3, -0.25) is 0 Å². The van der Waals surface area contributed by atoms with Crippen molar-refractivity contribution in [2.24, 2.45) is 5.73 Å². The molecule has 1 aliphatic rings. The van der Waals surface area contributed by atoms with Crippen LogP contribution in [0.5, 0.6) is 0 Å². The zero-order valence-corrected chi connectivity index (χ0v) is 6.37. The van der Waals surface area contributed by atoms with Crippen molar-refractivity contribution in [1.82, 2.24) is 0 Å². The molecule has 0 heterocycles. The predicted molar refractivity (Wildman–Crippen MR) is 49.8 cm³/mol. The Bertz CT molecular complexity index is 159. The van der Waals surface area contributed by atoms with Gasteiger partial charge in [0.1, 0.15) is 0 Å².